The van der Waals surface area contributed by atoms with Gasteiger partial charge in [-0.1, -0.05) is 78.7 Å². The largest absolute Gasteiger partial charge is 0.508 e. The van der Waals surface area contributed by atoms with Crippen molar-refractivity contribution in [1.29, 1.82) is 0 Å². The molecule has 1 aromatic rings. The van der Waals surface area contributed by atoms with Crippen LogP contribution in [0.3, 0.4) is 0 Å². The van der Waals surface area contributed by atoms with Crippen molar-refractivity contribution in [2.45, 2.75) is 91.6 Å². The molecule has 0 bridgehead atoms. The summed E-state index contributed by atoms with van der Waals surface area (Å²) in [6.07, 6.45) is 16.3. The minimum atomic E-state index is 0.176. The van der Waals surface area contributed by atoms with E-state index in [0.717, 1.165) is 35.5 Å². The van der Waals surface area contributed by atoms with Crippen molar-refractivity contribution in [1.82, 2.24) is 0 Å². The van der Waals surface area contributed by atoms with E-state index in [-0.39, 0.29) is 6.10 Å². The molecule has 0 amide bonds. The highest BCUT2D eigenvalue weighted by Gasteiger charge is 2.15. The first-order valence-corrected chi connectivity index (χ1v) is 11.1. The molecule has 2 heteroatoms. The first-order valence-electron chi connectivity index (χ1n) is 11.1. The van der Waals surface area contributed by atoms with E-state index in [4.69, 9.17) is 4.74 Å². The molecule has 0 aliphatic carbocycles. The molecule has 0 fully saturated rings. The van der Waals surface area contributed by atoms with Crippen LogP contribution in [0, 0.1) is 17.8 Å². The molecule has 1 heterocycles. The van der Waals surface area contributed by atoms with Gasteiger partial charge in [-0.25, -0.2) is 0 Å². The molecular weight excluding hydrogens is 332 g/mol. The summed E-state index contributed by atoms with van der Waals surface area (Å²) >= 11 is 0. The number of fused-ring (bicyclic) bond motifs is 1. The summed E-state index contributed by atoms with van der Waals surface area (Å²) in [5, 5.41) is 9.54. The van der Waals surface area contributed by atoms with Crippen LogP contribution in [0.2, 0.25) is 0 Å². The molecule has 0 spiro atoms. The van der Waals surface area contributed by atoms with Crippen molar-refractivity contribution < 1.29 is 9.84 Å². The molecule has 1 aliphatic rings. The monoisotopic (exact) mass is 372 g/mol. The minimum Gasteiger partial charge on any atom is -0.508 e. The Bertz CT molecular complexity index is 576. The van der Waals surface area contributed by atoms with E-state index in [1.807, 2.05) is 6.07 Å². The van der Waals surface area contributed by atoms with Crippen molar-refractivity contribution in [3.05, 3.63) is 29.8 Å². The fourth-order valence-electron chi connectivity index (χ4n) is 3.99. The molecule has 3 atom stereocenters. The van der Waals surface area contributed by atoms with E-state index in [9.17, 15) is 5.11 Å². The van der Waals surface area contributed by atoms with Crippen LogP contribution in [-0.2, 0) is 0 Å². The summed E-state index contributed by atoms with van der Waals surface area (Å²) in [5.74, 6) is 3.73. The van der Waals surface area contributed by atoms with Crippen LogP contribution in [0.1, 0.15) is 91.0 Å². The summed E-state index contributed by atoms with van der Waals surface area (Å²) in [6.45, 7) is 9.47. The molecule has 27 heavy (non-hydrogen) atoms. The molecule has 0 aromatic heterocycles. The van der Waals surface area contributed by atoms with Gasteiger partial charge in [-0.15, -0.1) is 0 Å². The predicted octanol–water partition coefficient (Wildman–Crippen LogP) is 7.61. The third-order valence-corrected chi connectivity index (χ3v) is 5.82. The smallest absolute Gasteiger partial charge is 0.127 e. The van der Waals surface area contributed by atoms with Crippen LogP contribution in [0.4, 0.5) is 0 Å². The highest BCUT2D eigenvalue weighted by Crippen LogP contribution is 2.30. The summed E-state index contributed by atoms with van der Waals surface area (Å²) in [6, 6.07) is 5.32. The SMILES string of the molecule is CC(C)CCCC(C)CCCC(C)CCC[C@@H]1C=Cc2cc(O)ccc2O1. The van der Waals surface area contributed by atoms with Gasteiger partial charge in [0.1, 0.15) is 17.6 Å². The Kier molecular flexibility index (Phi) is 9.24. The fraction of sp³-hybridized carbons (Fsp3) is 0.680. The zero-order valence-electron chi connectivity index (χ0n) is 17.9. The molecule has 1 N–H and O–H groups in total. The van der Waals surface area contributed by atoms with E-state index in [1.165, 1.54) is 51.4 Å². The van der Waals surface area contributed by atoms with Crippen LogP contribution >= 0.6 is 0 Å². The maximum Gasteiger partial charge on any atom is 0.127 e. The van der Waals surface area contributed by atoms with E-state index in [1.54, 1.807) is 12.1 Å². The van der Waals surface area contributed by atoms with Crippen LogP contribution < -0.4 is 4.74 Å². The molecule has 0 radical (unpaired) electrons. The number of aromatic hydroxyl groups is 1. The zero-order valence-corrected chi connectivity index (χ0v) is 17.9. The molecule has 0 saturated heterocycles. The summed E-state index contributed by atoms with van der Waals surface area (Å²) in [5.41, 5.74) is 0.974. The maximum atomic E-state index is 9.54. The second-order valence-corrected chi connectivity index (χ2v) is 9.13. The zero-order chi connectivity index (χ0) is 19.6. The van der Waals surface area contributed by atoms with Gasteiger partial charge >= 0.3 is 0 Å². The van der Waals surface area contributed by atoms with Gasteiger partial charge in [0.15, 0.2) is 0 Å². The van der Waals surface area contributed by atoms with Crippen molar-refractivity contribution in [2.24, 2.45) is 17.8 Å². The van der Waals surface area contributed by atoms with E-state index in [2.05, 4.69) is 39.8 Å². The highest BCUT2D eigenvalue weighted by atomic mass is 16.5. The van der Waals surface area contributed by atoms with Crippen LogP contribution in [0.15, 0.2) is 24.3 Å². The van der Waals surface area contributed by atoms with Crippen LogP contribution in [-0.4, -0.2) is 11.2 Å². The number of benzene rings is 1. The lowest BCUT2D eigenvalue weighted by Crippen LogP contribution is -2.17. The maximum absolute atomic E-state index is 9.54. The molecule has 0 saturated carbocycles. The molecule has 2 rings (SSSR count). The molecule has 152 valence electrons. The Morgan fingerprint density at radius 1 is 0.889 bits per heavy atom. The van der Waals surface area contributed by atoms with Gasteiger partial charge in [-0.2, -0.15) is 0 Å². The van der Waals surface area contributed by atoms with Gasteiger partial charge in [-0.3, -0.25) is 0 Å². The third-order valence-electron chi connectivity index (χ3n) is 5.82. The number of hydrogen-bond donors (Lipinski definition) is 1. The topological polar surface area (TPSA) is 29.5 Å². The quantitative estimate of drug-likeness (QED) is 0.409. The highest BCUT2D eigenvalue weighted by molar-refractivity contribution is 5.61. The van der Waals surface area contributed by atoms with Crippen molar-refractivity contribution in [3.63, 3.8) is 0 Å². The summed E-state index contributed by atoms with van der Waals surface area (Å²) in [4.78, 5) is 0. The van der Waals surface area contributed by atoms with Gasteiger partial charge in [0.05, 0.1) is 0 Å². The molecule has 2 unspecified atom stereocenters. The number of rotatable bonds is 12. The Morgan fingerprint density at radius 3 is 2.19 bits per heavy atom. The predicted molar refractivity (Wildman–Crippen MR) is 116 cm³/mol. The van der Waals surface area contributed by atoms with Gasteiger partial charge < -0.3 is 9.84 Å². The lowest BCUT2D eigenvalue weighted by molar-refractivity contribution is 0.226. The molecule has 1 aromatic carbocycles. The fourth-order valence-corrected chi connectivity index (χ4v) is 3.99. The lowest BCUT2D eigenvalue weighted by Gasteiger charge is -2.22. The second-order valence-electron chi connectivity index (χ2n) is 9.13. The standard InChI is InChI=1S/C25H40O2/c1-19(2)8-5-9-20(3)10-6-11-21(4)12-7-13-24-16-14-22-18-23(26)15-17-25(22)27-24/h14-21,24,26H,5-13H2,1-4H3/t20?,21?,24-/m1/s1. The number of hydrogen-bond acceptors (Lipinski definition) is 2. The second kappa shape index (κ2) is 11.4. The average molecular weight is 373 g/mol. The van der Waals surface area contributed by atoms with Crippen molar-refractivity contribution in [3.8, 4) is 11.5 Å². The molecule has 1 aliphatic heterocycles. The van der Waals surface area contributed by atoms with Crippen LogP contribution in [0.25, 0.3) is 6.08 Å². The van der Waals surface area contributed by atoms with Gasteiger partial charge in [0.25, 0.3) is 0 Å². The Hall–Kier alpha value is -1.44. The first-order chi connectivity index (χ1) is 12.9. The third kappa shape index (κ3) is 8.41. The van der Waals surface area contributed by atoms with E-state index < -0.39 is 0 Å². The normalized spacial score (nSPS) is 18.2. The first kappa shape index (κ1) is 21.9. The number of phenolic OH excluding ortho intramolecular Hbond substituents is 1. The Labute approximate surface area is 167 Å². The van der Waals surface area contributed by atoms with E-state index in [0.29, 0.717) is 5.75 Å². The summed E-state index contributed by atoms with van der Waals surface area (Å²) in [7, 11) is 0. The van der Waals surface area contributed by atoms with Crippen LogP contribution in [0.5, 0.6) is 11.5 Å². The molecule has 2 nitrogen and oxygen atoms in total. The molecular formula is C25H40O2. The van der Waals surface area contributed by atoms with Crippen molar-refractivity contribution in [2.75, 3.05) is 0 Å². The van der Waals surface area contributed by atoms with Gasteiger partial charge in [0, 0.05) is 5.56 Å². The van der Waals surface area contributed by atoms with Gasteiger partial charge in [-0.05, 0) is 54.9 Å². The Morgan fingerprint density at radius 2 is 1.52 bits per heavy atom. The van der Waals surface area contributed by atoms with Gasteiger partial charge in [0.2, 0.25) is 0 Å². The lowest BCUT2D eigenvalue weighted by atomic mass is 9.91. The van der Waals surface area contributed by atoms with Crippen molar-refractivity contribution >= 4 is 6.08 Å². The minimum absolute atomic E-state index is 0.176. The van der Waals surface area contributed by atoms with E-state index >= 15 is 0 Å². The number of ether oxygens (including phenoxy) is 1. The number of phenols is 1. The summed E-state index contributed by atoms with van der Waals surface area (Å²) < 4.78 is 6.04. The average Bonchev–Trinajstić information content (AvgIpc) is 2.61. The Balaban J connectivity index is 1.55.